The summed E-state index contributed by atoms with van der Waals surface area (Å²) >= 11 is 1.29. The van der Waals surface area contributed by atoms with Gasteiger partial charge in [-0.25, -0.2) is 9.37 Å². The second-order valence-electron chi connectivity index (χ2n) is 6.49. The Bertz CT molecular complexity index is 1190. The van der Waals surface area contributed by atoms with Crippen LogP contribution < -0.4 is 10.1 Å². The van der Waals surface area contributed by atoms with Crippen LogP contribution in [0, 0.1) is 12.7 Å². The molecule has 152 valence electrons. The first-order valence-electron chi connectivity index (χ1n) is 9.11. The molecule has 4 rings (SSSR count). The van der Waals surface area contributed by atoms with E-state index in [0.717, 1.165) is 16.1 Å². The Hall–Kier alpha value is -3.59. The van der Waals surface area contributed by atoms with E-state index in [1.54, 1.807) is 26.2 Å². The Labute approximate surface area is 176 Å². The fourth-order valence-corrected chi connectivity index (χ4v) is 3.95. The Morgan fingerprint density at radius 1 is 1.17 bits per heavy atom. The number of H-pyrrole nitrogens is 1. The van der Waals surface area contributed by atoms with Crippen LogP contribution in [-0.4, -0.2) is 33.2 Å². The predicted molar refractivity (Wildman–Crippen MR) is 112 cm³/mol. The van der Waals surface area contributed by atoms with Crippen molar-refractivity contribution >= 4 is 23.2 Å². The first kappa shape index (κ1) is 19.7. The molecule has 0 unspecified atom stereocenters. The first-order chi connectivity index (χ1) is 14.5. The topological polar surface area (TPSA) is 92.8 Å². The van der Waals surface area contributed by atoms with Crippen molar-refractivity contribution in [3.8, 4) is 17.1 Å². The fourth-order valence-electron chi connectivity index (χ4n) is 2.95. The van der Waals surface area contributed by atoms with E-state index in [9.17, 15) is 9.18 Å². The van der Waals surface area contributed by atoms with Crippen LogP contribution in [0.1, 0.15) is 25.9 Å². The fraction of sp³-hybridized carbons (Fsp3) is 0.143. The van der Waals surface area contributed by atoms with E-state index in [0.29, 0.717) is 28.6 Å². The highest BCUT2D eigenvalue weighted by Crippen LogP contribution is 2.27. The number of aromatic amines is 1. The number of para-hydroxylation sites is 1. The van der Waals surface area contributed by atoms with E-state index >= 15 is 0 Å². The molecule has 4 aromatic rings. The number of aromatic nitrogens is 4. The maximum Gasteiger partial charge on any atom is 0.270 e. The molecule has 9 heteroatoms. The number of rotatable bonds is 6. The lowest BCUT2D eigenvalue weighted by molar-refractivity contribution is 0.102. The third kappa shape index (κ3) is 4.20. The number of hydrogen-bond donors (Lipinski definition) is 2. The summed E-state index contributed by atoms with van der Waals surface area (Å²) in [6.45, 7) is 1.78. The number of aryl methyl sites for hydroxylation is 1. The van der Waals surface area contributed by atoms with E-state index < -0.39 is 0 Å². The van der Waals surface area contributed by atoms with E-state index in [-0.39, 0.29) is 17.7 Å². The summed E-state index contributed by atoms with van der Waals surface area (Å²) in [4.78, 5) is 22.0. The Morgan fingerprint density at radius 3 is 2.70 bits per heavy atom. The predicted octanol–water partition coefficient (Wildman–Crippen LogP) is 4.23. The molecule has 0 aliphatic heterocycles. The number of nitrogens with zero attached hydrogens (tertiary/aromatic N) is 3. The lowest BCUT2D eigenvalue weighted by Gasteiger charge is -2.04. The number of carbonyl (C=O) groups is 1. The van der Waals surface area contributed by atoms with Gasteiger partial charge in [-0.15, -0.1) is 16.4 Å². The van der Waals surface area contributed by atoms with E-state index in [1.165, 1.54) is 23.5 Å². The minimum Gasteiger partial charge on any atom is -0.496 e. The monoisotopic (exact) mass is 423 g/mol. The van der Waals surface area contributed by atoms with Crippen molar-refractivity contribution in [1.82, 2.24) is 20.2 Å². The van der Waals surface area contributed by atoms with Gasteiger partial charge in [0.25, 0.3) is 5.91 Å². The van der Waals surface area contributed by atoms with E-state index in [2.05, 4.69) is 25.5 Å². The summed E-state index contributed by atoms with van der Waals surface area (Å²) in [6.07, 6.45) is 0.525. The lowest BCUT2D eigenvalue weighted by atomic mass is 10.1. The van der Waals surface area contributed by atoms with Gasteiger partial charge >= 0.3 is 0 Å². The van der Waals surface area contributed by atoms with E-state index in [4.69, 9.17) is 4.74 Å². The van der Waals surface area contributed by atoms with Crippen LogP contribution in [0.25, 0.3) is 11.4 Å². The van der Waals surface area contributed by atoms with E-state index in [1.807, 2.05) is 24.3 Å². The minimum absolute atomic E-state index is 0.161. The maximum absolute atomic E-state index is 13.1. The largest absolute Gasteiger partial charge is 0.496 e. The molecule has 0 radical (unpaired) electrons. The highest BCUT2D eigenvalue weighted by molar-refractivity contribution is 7.14. The molecule has 2 aromatic carbocycles. The second-order valence-corrected chi connectivity index (χ2v) is 7.57. The van der Waals surface area contributed by atoms with Gasteiger partial charge in [0.05, 0.1) is 23.4 Å². The van der Waals surface area contributed by atoms with Crippen molar-refractivity contribution in [1.29, 1.82) is 0 Å². The zero-order valence-corrected chi connectivity index (χ0v) is 17.1. The van der Waals surface area contributed by atoms with Crippen molar-refractivity contribution in [2.45, 2.75) is 13.3 Å². The number of ether oxygens (including phenoxy) is 1. The standard InChI is InChI=1S/C21H18FN5O2S/c1-12-18(30-17(23-12)11-13-7-9-14(22)10-8-13)20(28)25-21-24-19(26-27-21)15-5-3-4-6-16(15)29-2/h3-10H,11H2,1-2H3,(H2,24,25,26,27,28). The molecule has 1 amide bonds. The molecule has 0 atom stereocenters. The van der Waals surface area contributed by atoms with Gasteiger partial charge in [0, 0.05) is 6.42 Å². The van der Waals surface area contributed by atoms with Gasteiger partial charge < -0.3 is 4.74 Å². The quantitative estimate of drug-likeness (QED) is 0.484. The molecule has 0 aliphatic carbocycles. The summed E-state index contributed by atoms with van der Waals surface area (Å²) in [6, 6.07) is 13.6. The summed E-state index contributed by atoms with van der Waals surface area (Å²) < 4.78 is 18.4. The lowest BCUT2D eigenvalue weighted by Crippen LogP contribution is -2.12. The van der Waals surface area contributed by atoms with Crippen LogP contribution in [0.15, 0.2) is 48.5 Å². The summed E-state index contributed by atoms with van der Waals surface area (Å²) in [5.41, 5.74) is 2.28. The summed E-state index contributed by atoms with van der Waals surface area (Å²) in [5, 5.41) is 10.4. The smallest absolute Gasteiger partial charge is 0.270 e. The molecule has 0 saturated heterocycles. The molecule has 30 heavy (non-hydrogen) atoms. The number of benzene rings is 2. The average Bonchev–Trinajstić information content (AvgIpc) is 3.36. The van der Waals surface area contributed by atoms with Crippen LogP contribution in [-0.2, 0) is 6.42 Å². The zero-order chi connectivity index (χ0) is 21.1. The van der Waals surface area contributed by atoms with Gasteiger partial charge in [-0.05, 0) is 36.8 Å². The molecule has 0 bridgehead atoms. The number of methoxy groups -OCH3 is 1. The summed E-state index contributed by atoms with van der Waals surface area (Å²) in [5.74, 6) is 0.680. The van der Waals surface area contributed by atoms with Gasteiger partial charge in [-0.2, -0.15) is 4.98 Å². The number of amides is 1. The first-order valence-corrected chi connectivity index (χ1v) is 9.93. The maximum atomic E-state index is 13.1. The summed E-state index contributed by atoms with van der Waals surface area (Å²) in [7, 11) is 1.58. The number of anilines is 1. The molecule has 7 nitrogen and oxygen atoms in total. The minimum atomic E-state index is -0.332. The van der Waals surface area contributed by atoms with Gasteiger partial charge in [0.2, 0.25) is 5.95 Å². The Balaban J connectivity index is 1.49. The van der Waals surface area contributed by atoms with Gasteiger partial charge in [-0.3, -0.25) is 15.2 Å². The van der Waals surface area contributed by atoms with Gasteiger partial charge in [0.15, 0.2) is 5.82 Å². The van der Waals surface area contributed by atoms with Crippen molar-refractivity contribution in [3.05, 3.63) is 75.5 Å². The molecule has 0 aliphatic rings. The molecule has 0 spiro atoms. The van der Waals surface area contributed by atoms with Crippen molar-refractivity contribution in [2.75, 3.05) is 12.4 Å². The van der Waals surface area contributed by atoms with Crippen LogP contribution in [0.2, 0.25) is 0 Å². The van der Waals surface area contributed by atoms with Crippen molar-refractivity contribution in [3.63, 3.8) is 0 Å². The number of halogens is 1. The SMILES string of the molecule is COc1ccccc1-c1nc(NC(=O)c2sc(Cc3ccc(F)cc3)nc2C)n[nH]1. The average molecular weight is 423 g/mol. The molecule has 2 N–H and O–H groups in total. The number of hydrogen-bond acceptors (Lipinski definition) is 6. The Morgan fingerprint density at radius 2 is 1.93 bits per heavy atom. The molecular weight excluding hydrogens is 405 g/mol. The van der Waals surface area contributed by atoms with Crippen LogP contribution in [0.4, 0.5) is 10.3 Å². The highest BCUT2D eigenvalue weighted by Gasteiger charge is 2.18. The van der Waals surface area contributed by atoms with Crippen LogP contribution >= 0.6 is 11.3 Å². The normalized spacial score (nSPS) is 10.8. The third-order valence-electron chi connectivity index (χ3n) is 4.39. The number of thiazole rings is 1. The molecule has 0 fully saturated rings. The van der Waals surface area contributed by atoms with Crippen LogP contribution in [0.5, 0.6) is 5.75 Å². The zero-order valence-electron chi connectivity index (χ0n) is 16.3. The van der Waals surface area contributed by atoms with Crippen molar-refractivity contribution < 1.29 is 13.9 Å². The Kier molecular flexibility index (Phi) is 5.53. The number of carbonyl (C=O) groups excluding carboxylic acids is 1. The molecule has 0 saturated carbocycles. The van der Waals surface area contributed by atoms with Gasteiger partial charge in [0.1, 0.15) is 16.4 Å². The third-order valence-corrected chi connectivity index (χ3v) is 5.54. The second kappa shape index (κ2) is 8.42. The molecule has 2 heterocycles. The number of nitrogens with one attached hydrogen (secondary N) is 2. The molecule has 2 aromatic heterocycles. The van der Waals surface area contributed by atoms with Gasteiger partial charge in [-0.1, -0.05) is 24.3 Å². The molecular formula is C21H18FN5O2S. The van der Waals surface area contributed by atoms with Crippen LogP contribution in [0.3, 0.4) is 0 Å². The highest BCUT2D eigenvalue weighted by atomic mass is 32.1. The van der Waals surface area contributed by atoms with Crippen molar-refractivity contribution in [2.24, 2.45) is 0 Å².